The van der Waals surface area contributed by atoms with Gasteiger partial charge in [0, 0.05) is 10.8 Å². The lowest BCUT2D eigenvalue weighted by Gasteiger charge is -2.57. The van der Waals surface area contributed by atoms with Gasteiger partial charge >= 0.3 is 5.97 Å². The second-order valence-electron chi connectivity index (χ2n) is 9.85. The summed E-state index contributed by atoms with van der Waals surface area (Å²) < 4.78 is 5.12. The third kappa shape index (κ3) is 2.57. The molecule has 0 N–H and O–H groups in total. The lowest BCUT2D eigenvalue weighted by molar-refractivity contribution is -0.124. The van der Waals surface area contributed by atoms with Gasteiger partial charge in [-0.3, -0.25) is 9.59 Å². The van der Waals surface area contributed by atoms with E-state index in [2.05, 4.69) is 38.1 Å². The first kappa shape index (κ1) is 22.1. The number of benzene rings is 3. The number of rotatable bonds is 3. The van der Waals surface area contributed by atoms with Crippen LogP contribution in [0.25, 0.3) is 0 Å². The summed E-state index contributed by atoms with van der Waals surface area (Å²) in [6, 6.07) is 21.0. The Balaban J connectivity index is 1.56. The average Bonchev–Trinajstić information content (AvgIpc) is 3.14. The van der Waals surface area contributed by atoms with Gasteiger partial charge in [0.25, 0.3) is 0 Å². The maximum Gasteiger partial charge on any atom is 0.339 e. The lowest BCUT2D eigenvalue weighted by Crippen LogP contribution is -2.59. The number of hydrogen-bond acceptors (Lipinski definition) is 4. The summed E-state index contributed by atoms with van der Waals surface area (Å²) in [7, 11) is 0. The molecule has 2 bridgehead atoms. The minimum Gasteiger partial charge on any atom is -0.462 e. The van der Waals surface area contributed by atoms with E-state index in [4.69, 9.17) is 16.3 Å². The predicted octanol–water partition coefficient (Wildman–Crippen LogP) is 5.26. The molecule has 1 heterocycles. The molecule has 0 spiro atoms. The highest BCUT2D eigenvalue weighted by atomic mass is 35.5. The Morgan fingerprint density at radius 2 is 1.31 bits per heavy atom. The van der Waals surface area contributed by atoms with E-state index >= 15 is 0 Å². The van der Waals surface area contributed by atoms with Gasteiger partial charge in [0.2, 0.25) is 11.8 Å². The number of ether oxygens (including phenoxy) is 1. The lowest BCUT2D eigenvalue weighted by atomic mass is 9.42. The number of amides is 2. The summed E-state index contributed by atoms with van der Waals surface area (Å²) >= 11 is 6.26. The third-order valence-corrected chi connectivity index (χ3v) is 8.68. The van der Waals surface area contributed by atoms with Crippen LogP contribution in [-0.2, 0) is 25.2 Å². The van der Waals surface area contributed by atoms with E-state index in [1.807, 2.05) is 24.3 Å². The Morgan fingerprint density at radius 3 is 1.74 bits per heavy atom. The second kappa shape index (κ2) is 7.28. The summed E-state index contributed by atoms with van der Waals surface area (Å²) in [5, 5.41) is 0.211. The first-order valence-corrected chi connectivity index (χ1v) is 12.2. The predicted molar refractivity (Wildman–Crippen MR) is 133 cm³/mol. The summed E-state index contributed by atoms with van der Waals surface area (Å²) in [6.07, 6.45) is 0. The fraction of sp³-hybridized carbons (Fsp3) is 0.276. The van der Waals surface area contributed by atoms with Gasteiger partial charge in [-0.15, -0.1) is 0 Å². The molecule has 176 valence electrons. The molecular formula is C29H24ClNO4. The number of esters is 1. The van der Waals surface area contributed by atoms with Crippen molar-refractivity contribution >= 4 is 35.1 Å². The van der Waals surface area contributed by atoms with Gasteiger partial charge in [0.15, 0.2) is 0 Å². The minimum atomic E-state index is -0.659. The molecule has 5 nitrogen and oxygen atoms in total. The van der Waals surface area contributed by atoms with Crippen molar-refractivity contribution in [3.8, 4) is 0 Å². The molecule has 0 aromatic heterocycles. The van der Waals surface area contributed by atoms with Crippen molar-refractivity contribution in [3.05, 3.63) is 99.6 Å². The first-order chi connectivity index (χ1) is 16.8. The number of halogens is 1. The summed E-state index contributed by atoms with van der Waals surface area (Å²) in [4.78, 5) is 42.0. The van der Waals surface area contributed by atoms with Gasteiger partial charge < -0.3 is 4.74 Å². The minimum absolute atomic E-state index is 0.133. The van der Waals surface area contributed by atoms with Crippen molar-refractivity contribution in [1.29, 1.82) is 0 Å². The van der Waals surface area contributed by atoms with Gasteiger partial charge in [-0.2, -0.15) is 0 Å². The Labute approximate surface area is 208 Å². The van der Waals surface area contributed by atoms with Gasteiger partial charge in [0.05, 0.1) is 34.7 Å². The van der Waals surface area contributed by atoms with Crippen LogP contribution < -0.4 is 4.90 Å². The Hall–Kier alpha value is -3.44. The van der Waals surface area contributed by atoms with E-state index in [9.17, 15) is 14.4 Å². The van der Waals surface area contributed by atoms with Gasteiger partial charge in [-0.1, -0.05) is 74.0 Å². The van der Waals surface area contributed by atoms with Crippen molar-refractivity contribution in [3.63, 3.8) is 0 Å². The highest BCUT2D eigenvalue weighted by Crippen LogP contribution is 2.66. The third-order valence-electron chi connectivity index (χ3n) is 8.35. The van der Waals surface area contributed by atoms with Gasteiger partial charge in [-0.05, 0) is 47.4 Å². The standard InChI is InChI=1S/C29H24ClNO4/c1-4-35-27(34)17-15-16(13-14-22(17)30)31-25(32)23-24(26(31)33)29(3)20-11-7-5-9-18(20)28(23,2)19-10-6-8-12-21(19)29/h5-15,23-24H,4H2,1-3H3. The monoisotopic (exact) mass is 485 g/mol. The van der Waals surface area contributed by atoms with Crippen molar-refractivity contribution in [1.82, 2.24) is 0 Å². The molecule has 7 rings (SSSR count). The molecule has 2 unspecified atom stereocenters. The summed E-state index contributed by atoms with van der Waals surface area (Å²) in [6.45, 7) is 6.07. The summed E-state index contributed by atoms with van der Waals surface area (Å²) in [5.74, 6) is -2.22. The molecule has 3 aromatic rings. The second-order valence-corrected chi connectivity index (χ2v) is 10.3. The van der Waals surface area contributed by atoms with Crippen LogP contribution in [0.4, 0.5) is 5.69 Å². The molecule has 2 amide bonds. The number of nitrogens with zero attached hydrogens (tertiary/aromatic N) is 1. The van der Waals surface area contributed by atoms with E-state index in [0.717, 1.165) is 22.3 Å². The topological polar surface area (TPSA) is 63.7 Å². The molecule has 3 aliphatic carbocycles. The molecule has 4 aliphatic rings. The number of imide groups is 1. The highest BCUT2D eigenvalue weighted by molar-refractivity contribution is 6.34. The van der Waals surface area contributed by atoms with Crippen LogP contribution in [0.3, 0.4) is 0 Å². The molecule has 1 saturated heterocycles. The Kier molecular flexibility index (Phi) is 4.59. The highest BCUT2D eigenvalue weighted by Gasteiger charge is 2.70. The van der Waals surface area contributed by atoms with Crippen LogP contribution in [0, 0.1) is 11.8 Å². The van der Waals surface area contributed by atoms with Crippen LogP contribution in [0.15, 0.2) is 66.7 Å². The average molecular weight is 486 g/mol. The number of hydrogen-bond donors (Lipinski definition) is 0. The Bertz CT molecular complexity index is 1320. The quantitative estimate of drug-likeness (QED) is 0.375. The number of carbonyl (C=O) groups is 3. The van der Waals surface area contributed by atoms with E-state index in [1.165, 1.54) is 17.0 Å². The molecule has 1 fully saturated rings. The van der Waals surface area contributed by atoms with E-state index in [1.54, 1.807) is 13.0 Å². The fourth-order valence-electron chi connectivity index (χ4n) is 6.84. The molecule has 3 aromatic carbocycles. The number of carbonyl (C=O) groups excluding carboxylic acids is 3. The van der Waals surface area contributed by atoms with Gasteiger partial charge in [0.1, 0.15) is 0 Å². The normalized spacial score (nSPS) is 27.9. The van der Waals surface area contributed by atoms with E-state index < -0.39 is 28.6 Å². The van der Waals surface area contributed by atoms with Crippen LogP contribution in [-0.4, -0.2) is 24.4 Å². The Morgan fingerprint density at radius 1 is 0.857 bits per heavy atom. The van der Waals surface area contributed by atoms with E-state index in [-0.39, 0.29) is 29.0 Å². The summed E-state index contributed by atoms with van der Waals surface area (Å²) in [5.41, 5.74) is 3.51. The zero-order chi connectivity index (χ0) is 24.7. The number of anilines is 1. The van der Waals surface area contributed by atoms with Crippen molar-refractivity contribution in [2.24, 2.45) is 11.8 Å². The van der Waals surface area contributed by atoms with Crippen LogP contribution in [0.1, 0.15) is 53.4 Å². The maximum atomic E-state index is 14.2. The molecule has 1 aliphatic heterocycles. The SMILES string of the molecule is CCOC(=O)c1cc(N2C(=O)C3C(C2=O)C2(C)c4ccccc4C3(C)c3ccccc32)ccc1Cl. The van der Waals surface area contributed by atoms with E-state index in [0.29, 0.717) is 5.69 Å². The van der Waals surface area contributed by atoms with Gasteiger partial charge in [-0.25, -0.2) is 9.69 Å². The molecule has 0 saturated carbocycles. The molecular weight excluding hydrogens is 462 g/mol. The largest absolute Gasteiger partial charge is 0.462 e. The fourth-order valence-corrected chi connectivity index (χ4v) is 7.04. The van der Waals surface area contributed by atoms with Crippen molar-refractivity contribution in [2.75, 3.05) is 11.5 Å². The smallest absolute Gasteiger partial charge is 0.339 e. The molecule has 35 heavy (non-hydrogen) atoms. The van der Waals surface area contributed by atoms with Crippen LogP contribution in [0.5, 0.6) is 0 Å². The molecule has 6 heteroatoms. The molecule has 2 atom stereocenters. The molecule has 0 radical (unpaired) electrons. The van der Waals surface area contributed by atoms with Crippen LogP contribution >= 0.6 is 11.6 Å². The maximum absolute atomic E-state index is 14.2. The first-order valence-electron chi connectivity index (χ1n) is 11.8. The van der Waals surface area contributed by atoms with Crippen molar-refractivity contribution < 1.29 is 19.1 Å². The van der Waals surface area contributed by atoms with Crippen molar-refractivity contribution in [2.45, 2.75) is 31.6 Å². The van der Waals surface area contributed by atoms with Crippen LogP contribution in [0.2, 0.25) is 5.02 Å². The zero-order valence-corrected chi connectivity index (χ0v) is 20.4. The zero-order valence-electron chi connectivity index (χ0n) is 19.7.